The van der Waals surface area contributed by atoms with Crippen LogP contribution in [0.4, 0.5) is 0 Å². The van der Waals surface area contributed by atoms with Gasteiger partial charge < -0.3 is 14.2 Å². The van der Waals surface area contributed by atoms with Gasteiger partial charge in [-0.3, -0.25) is 4.79 Å². The van der Waals surface area contributed by atoms with Crippen molar-refractivity contribution in [2.45, 2.75) is 26.1 Å². The fourth-order valence-electron chi connectivity index (χ4n) is 3.42. The van der Waals surface area contributed by atoms with Crippen molar-refractivity contribution in [3.63, 3.8) is 0 Å². The summed E-state index contributed by atoms with van der Waals surface area (Å²) in [5, 5.41) is 7.60. The van der Waals surface area contributed by atoms with E-state index in [1.54, 1.807) is 13.2 Å². The van der Waals surface area contributed by atoms with Crippen LogP contribution in [-0.4, -0.2) is 37.7 Å². The van der Waals surface area contributed by atoms with Gasteiger partial charge >= 0.3 is 0 Å². The van der Waals surface area contributed by atoms with Gasteiger partial charge in [0.05, 0.1) is 37.7 Å². The van der Waals surface area contributed by atoms with E-state index in [4.69, 9.17) is 4.74 Å². The number of fused-ring (bicyclic) bond motifs is 1. The van der Waals surface area contributed by atoms with Crippen LogP contribution in [0.1, 0.15) is 33.5 Å². The third-order valence-electron chi connectivity index (χ3n) is 4.77. The molecule has 1 aliphatic heterocycles. The number of para-hydroxylation sites is 1. The van der Waals surface area contributed by atoms with Crippen LogP contribution >= 0.6 is 0 Å². The van der Waals surface area contributed by atoms with E-state index in [2.05, 4.69) is 19.7 Å². The molecule has 1 atom stereocenters. The molecular weight excluding hydrogens is 330 g/mol. The van der Waals surface area contributed by atoms with Crippen molar-refractivity contribution < 1.29 is 9.53 Å². The number of ether oxygens (including phenoxy) is 1. The monoisotopic (exact) mass is 349 g/mol. The van der Waals surface area contributed by atoms with Gasteiger partial charge in [0.15, 0.2) is 0 Å². The van der Waals surface area contributed by atoms with Crippen LogP contribution in [-0.2, 0) is 13.1 Å². The smallest absolute Gasteiger partial charge is 0.256 e. The number of aromatic nitrogens is 4. The third kappa shape index (κ3) is 2.71. The molecule has 3 aromatic rings. The number of amides is 1. The first-order chi connectivity index (χ1) is 12.7. The minimum absolute atomic E-state index is 0.0947. The van der Waals surface area contributed by atoms with Gasteiger partial charge in [-0.05, 0) is 19.1 Å². The van der Waals surface area contributed by atoms with E-state index in [0.717, 1.165) is 22.8 Å². The van der Waals surface area contributed by atoms with E-state index in [0.29, 0.717) is 18.7 Å². The number of rotatable bonds is 3. The van der Waals surface area contributed by atoms with Gasteiger partial charge in [-0.1, -0.05) is 18.2 Å². The summed E-state index contributed by atoms with van der Waals surface area (Å²) in [6.07, 6.45) is 4.87. The van der Waals surface area contributed by atoms with E-state index >= 15 is 0 Å². The van der Waals surface area contributed by atoms with Crippen LogP contribution in [0.5, 0.6) is 5.75 Å². The summed E-state index contributed by atoms with van der Waals surface area (Å²) in [6.45, 7) is 3.09. The van der Waals surface area contributed by atoms with Crippen molar-refractivity contribution >= 4 is 5.91 Å². The molecule has 1 unspecified atom stereocenters. The standard InChI is InChI=1S/C19H19N5O2/c1-13-9-20-18-12-24(19(25)14-7-8-21-22-10-14)16(11-23(13)18)15-5-3-4-6-17(15)26-2/h3-10,16H,11-12H2,1-2H3. The number of methoxy groups -OCH3 is 1. The van der Waals surface area contributed by atoms with Gasteiger partial charge in [-0.2, -0.15) is 10.2 Å². The van der Waals surface area contributed by atoms with E-state index in [-0.39, 0.29) is 11.9 Å². The zero-order chi connectivity index (χ0) is 18.1. The maximum atomic E-state index is 13.2. The van der Waals surface area contributed by atoms with E-state index in [1.807, 2.05) is 42.3 Å². The zero-order valence-corrected chi connectivity index (χ0v) is 14.7. The Labute approximate surface area is 151 Å². The largest absolute Gasteiger partial charge is 0.496 e. The summed E-state index contributed by atoms with van der Waals surface area (Å²) in [5.74, 6) is 1.55. The number of benzene rings is 1. The summed E-state index contributed by atoms with van der Waals surface area (Å²) in [5.41, 5.74) is 2.57. The number of hydrogen-bond donors (Lipinski definition) is 0. The zero-order valence-electron chi connectivity index (χ0n) is 14.7. The lowest BCUT2D eigenvalue weighted by atomic mass is 10.0. The molecule has 0 N–H and O–H groups in total. The van der Waals surface area contributed by atoms with Crippen molar-refractivity contribution in [2.75, 3.05) is 7.11 Å². The molecule has 4 rings (SSSR count). The Morgan fingerprint density at radius 2 is 2.04 bits per heavy atom. The number of imidazole rings is 1. The van der Waals surface area contributed by atoms with Crippen LogP contribution in [0.25, 0.3) is 0 Å². The highest BCUT2D eigenvalue weighted by Crippen LogP contribution is 2.35. The molecule has 2 aromatic heterocycles. The maximum absolute atomic E-state index is 13.2. The number of carbonyl (C=O) groups excluding carboxylic acids is 1. The Kier molecular flexibility index (Phi) is 4.12. The SMILES string of the molecule is COc1ccccc1C1Cn2c(C)cnc2CN1C(=O)c1ccnnc1. The molecule has 7 nitrogen and oxygen atoms in total. The molecule has 1 amide bonds. The molecule has 0 bridgehead atoms. The fraction of sp³-hybridized carbons (Fsp3) is 0.263. The topological polar surface area (TPSA) is 73.1 Å². The first kappa shape index (κ1) is 16.3. The van der Waals surface area contributed by atoms with Gasteiger partial charge in [0.25, 0.3) is 5.91 Å². The number of aryl methyl sites for hydroxylation is 1. The second-order valence-corrected chi connectivity index (χ2v) is 6.25. The number of nitrogens with zero attached hydrogens (tertiary/aromatic N) is 5. The Morgan fingerprint density at radius 1 is 1.19 bits per heavy atom. The van der Waals surface area contributed by atoms with Crippen molar-refractivity contribution in [3.05, 3.63) is 71.6 Å². The molecule has 0 aliphatic carbocycles. The van der Waals surface area contributed by atoms with Crippen molar-refractivity contribution in [2.24, 2.45) is 0 Å². The van der Waals surface area contributed by atoms with Crippen LogP contribution in [0.3, 0.4) is 0 Å². The van der Waals surface area contributed by atoms with Crippen molar-refractivity contribution in [1.29, 1.82) is 0 Å². The normalized spacial score (nSPS) is 16.2. The van der Waals surface area contributed by atoms with Crippen LogP contribution in [0, 0.1) is 6.92 Å². The second kappa shape index (κ2) is 6.59. The molecule has 1 aromatic carbocycles. The molecule has 0 fully saturated rings. The molecule has 132 valence electrons. The fourth-order valence-corrected chi connectivity index (χ4v) is 3.42. The first-order valence-electron chi connectivity index (χ1n) is 8.40. The van der Waals surface area contributed by atoms with Crippen LogP contribution in [0.15, 0.2) is 48.9 Å². The molecule has 0 spiro atoms. The molecule has 0 saturated heterocycles. The second-order valence-electron chi connectivity index (χ2n) is 6.25. The molecule has 0 radical (unpaired) electrons. The van der Waals surface area contributed by atoms with E-state index in [1.165, 1.54) is 12.4 Å². The summed E-state index contributed by atoms with van der Waals surface area (Å²) in [6, 6.07) is 9.34. The molecule has 7 heteroatoms. The maximum Gasteiger partial charge on any atom is 0.256 e. The molecular formula is C19H19N5O2. The summed E-state index contributed by atoms with van der Waals surface area (Å²) in [7, 11) is 1.65. The third-order valence-corrected chi connectivity index (χ3v) is 4.77. The lowest BCUT2D eigenvalue weighted by Gasteiger charge is -2.37. The number of carbonyl (C=O) groups is 1. The quantitative estimate of drug-likeness (QED) is 0.726. The van der Waals surface area contributed by atoms with E-state index in [9.17, 15) is 4.79 Å². The minimum Gasteiger partial charge on any atom is -0.496 e. The first-order valence-corrected chi connectivity index (χ1v) is 8.40. The molecule has 26 heavy (non-hydrogen) atoms. The van der Waals surface area contributed by atoms with Crippen molar-refractivity contribution in [3.8, 4) is 5.75 Å². The van der Waals surface area contributed by atoms with E-state index < -0.39 is 0 Å². The lowest BCUT2D eigenvalue weighted by molar-refractivity contribution is 0.0579. The van der Waals surface area contributed by atoms with Crippen LogP contribution < -0.4 is 4.74 Å². The summed E-state index contributed by atoms with van der Waals surface area (Å²) >= 11 is 0. The Bertz CT molecular complexity index is 938. The van der Waals surface area contributed by atoms with Gasteiger partial charge in [-0.15, -0.1) is 0 Å². The van der Waals surface area contributed by atoms with Crippen molar-refractivity contribution in [1.82, 2.24) is 24.6 Å². The van der Waals surface area contributed by atoms with Gasteiger partial charge in [0.1, 0.15) is 11.6 Å². The Balaban J connectivity index is 1.80. The molecule has 1 aliphatic rings. The van der Waals surface area contributed by atoms with Gasteiger partial charge in [0.2, 0.25) is 0 Å². The average Bonchev–Trinajstić information content (AvgIpc) is 3.07. The Morgan fingerprint density at radius 3 is 2.81 bits per heavy atom. The van der Waals surface area contributed by atoms with Crippen LogP contribution in [0.2, 0.25) is 0 Å². The predicted molar refractivity (Wildman–Crippen MR) is 94.6 cm³/mol. The highest BCUT2D eigenvalue weighted by Gasteiger charge is 2.34. The summed E-state index contributed by atoms with van der Waals surface area (Å²) < 4.78 is 7.71. The lowest BCUT2D eigenvalue weighted by Crippen LogP contribution is -2.41. The van der Waals surface area contributed by atoms with Gasteiger partial charge in [0, 0.05) is 24.0 Å². The molecule has 0 saturated carbocycles. The molecule has 3 heterocycles. The highest BCUT2D eigenvalue weighted by atomic mass is 16.5. The summed E-state index contributed by atoms with van der Waals surface area (Å²) in [4.78, 5) is 19.5. The Hall–Kier alpha value is -3.22. The average molecular weight is 349 g/mol. The minimum atomic E-state index is -0.160. The predicted octanol–water partition coefficient (Wildman–Crippen LogP) is 2.39. The number of hydrogen-bond acceptors (Lipinski definition) is 5. The highest BCUT2D eigenvalue weighted by molar-refractivity contribution is 5.94. The van der Waals surface area contributed by atoms with Gasteiger partial charge in [-0.25, -0.2) is 4.98 Å².